The molecule has 4 rings (SSSR count). The van der Waals surface area contributed by atoms with Crippen LogP contribution < -0.4 is 15.3 Å². The second-order valence-corrected chi connectivity index (χ2v) is 10.3. The molecule has 1 fully saturated rings. The van der Waals surface area contributed by atoms with Crippen molar-refractivity contribution in [3.63, 3.8) is 0 Å². The standard InChI is InChI=1S/C23H29FN5O7P/c1-4-33-22(31)14(2)28-37(32,36-15-8-6-5-7-9-15)34-12-17-19(30)20(24)23(3,35-17)18-11-10-16-21(25)26-13-27-29(16)18/h5-11,13-14,17,19-20,30H,4,12H2,1-3H3,(H,28,32)(H2,25,26,27)/t14-,17+,19+,20+,23?,37?/m0/s1. The SMILES string of the molecule is CCOC(=O)[C@H](C)NP(=O)(OC[C@H]1OC(C)(c2ccc3c(N)ncnn23)[C@H](F)[C@@H]1O)Oc1ccccc1. The molecule has 1 saturated heterocycles. The number of aliphatic hydroxyl groups is 1. The zero-order valence-corrected chi connectivity index (χ0v) is 21.4. The highest BCUT2D eigenvalue weighted by Crippen LogP contribution is 2.47. The molecular formula is C23H29FN5O7P. The Labute approximate surface area is 212 Å². The van der Waals surface area contributed by atoms with Gasteiger partial charge in [0.25, 0.3) is 0 Å². The van der Waals surface area contributed by atoms with E-state index in [-0.39, 0.29) is 18.2 Å². The smallest absolute Gasteiger partial charge is 0.459 e. The molecule has 200 valence electrons. The van der Waals surface area contributed by atoms with Crippen LogP contribution in [0.1, 0.15) is 26.5 Å². The van der Waals surface area contributed by atoms with Crippen molar-refractivity contribution < 1.29 is 37.4 Å². The van der Waals surface area contributed by atoms with Crippen LogP contribution in [0.3, 0.4) is 0 Å². The van der Waals surface area contributed by atoms with Crippen molar-refractivity contribution in [1.29, 1.82) is 0 Å². The van der Waals surface area contributed by atoms with Gasteiger partial charge in [-0.05, 0) is 45.0 Å². The number of hydrogen-bond donors (Lipinski definition) is 3. The number of aliphatic hydroxyl groups excluding tert-OH is 1. The Balaban J connectivity index is 1.54. The second kappa shape index (κ2) is 10.7. The van der Waals surface area contributed by atoms with E-state index in [0.717, 1.165) is 0 Å². The number of para-hydroxylation sites is 1. The quantitative estimate of drug-likeness (QED) is 0.257. The van der Waals surface area contributed by atoms with Crippen LogP contribution in [0.5, 0.6) is 5.75 Å². The van der Waals surface area contributed by atoms with E-state index in [1.54, 1.807) is 49.4 Å². The fourth-order valence-corrected chi connectivity index (χ4v) is 5.57. The van der Waals surface area contributed by atoms with Crippen LogP contribution in [0.4, 0.5) is 10.2 Å². The number of esters is 1. The monoisotopic (exact) mass is 537 g/mol. The van der Waals surface area contributed by atoms with Gasteiger partial charge >= 0.3 is 13.7 Å². The minimum absolute atomic E-state index is 0.124. The number of nitrogens with zero attached hydrogens (tertiary/aromatic N) is 3. The first-order valence-electron chi connectivity index (χ1n) is 11.6. The number of ether oxygens (including phenoxy) is 2. The number of nitrogen functional groups attached to an aromatic ring is 1. The van der Waals surface area contributed by atoms with E-state index in [4.69, 9.17) is 24.3 Å². The molecular weight excluding hydrogens is 508 g/mol. The lowest BCUT2D eigenvalue weighted by molar-refractivity contribution is -0.144. The van der Waals surface area contributed by atoms with Gasteiger partial charge in [-0.25, -0.2) is 18.5 Å². The third-order valence-corrected chi connectivity index (χ3v) is 7.61. The van der Waals surface area contributed by atoms with Crippen LogP contribution in [-0.4, -0.2) is 63.3 Å². The summed E-state index contributed by atoms with van der Waals surface area (Å²) < 4.78 is 52.5. The van der Waals surface area contributed by atoms with Gasteiger partial charge < -0.3 is 24.8 Å². The molecule has 6 atom stereocenters. The normalized spacial score (nSPS) is 26.0. The first-order chi connectivity index (χ1) is 17.6. The Hall–Kier alpha value is -3.09. The molecule has 37 heavy (non-hydrogen) atoms. The Bertz CT molecular complexity index is 1290. The summed E-state index contributed by atoms with van der Waals surface area (Å²) in [5.74, 6) is -0.273. The highest BCUT2D eigenvalue weighted by molar-refractivity contribution is 7.52. The molecule has 0 aliphatic carbocycles. The number of nitrogens with two attached hydrogens (primary N) is 1. The summed E-state index contributed by atoms with van der Waals surface area (Å²) in [7, 11) is -4.23. The number of nitrogens with one attached hydrogen (secondary N) is 1. The summed E-state index contributed by atoms with van der Waals surface area (Å²) in [5, 5.41) is 17.3. The minimum Gasteiger partial charge on any atom is -0.465 e. The van der Waals surface area contributed by atoms with Gasteiger partial charge in [0.1, 0.15) is 41.4 Å². The van der Waals surface area contributed by atoms with Crippen molar-refractivity contribution in [2.75, 3.05) is 18.9 Å². The molecule has 14 heteroatoms. The van der Waals surface area contributed by atoms with E-state index in [0.29, 0.717) is 11.2 Å². The lowest BCUT2D eigenvalue weighted by atomic mass is 9.94. The van der Waals surface area contributed by atoms with Crippen LogP contribution in [0, 0.1) is 0 Å². The van der Waals surface area contributed by atoms with Gasteiger partial charge in [0.05, 0.1) is 18.9 Å². The van der Waals surface area contributed by atoms with Crippen LogP contribution >= 0.6 is 7.75 Å². The summed E-state index contributed by atoms with van der Waals surface area (Å²) >= 11 is 0. The lowest BCUT2D eigenvalue weighted by Crippen LogP contribution is -2.37. The van der Waals surface area contributed by atoms with E-state index in [1.165, 1.54) is 24.7 Å². The highest BCUT2D eigenvalue weighted by atomic mass is 31.2. The van der Waals surface area contributed by atoms with E-state index in [1.807, 2.05) is 0 Å². The number of alkyl halides is 1. The number of hydrogen-bond acceptors (Lipinski definition) is 10. The van der Waals surface area contributed by atoms with Crippen molar-refractivity contribution in [3.8, 4) is 5.75 Å². The van der Waals surface area contributed by atoms with Crippen LogP contribution in [-0.2, 0) is 29.0 Å². The molecule has 12 nitrogen and oxygen atoms in total. The van der Waals surface area contributed by atoms with E-state index >= 15 is 4.39 Å². The molecule has 0 spiro atoms. The largest absolute Gasteiger partial charge is 0.465 e. The third kappa shape index (κ3) is 5.46. The van der Waals surface area contributed by atoms with Crippen molar-refractivity contribution in [2.24, 2.45) is 0 Å². The fraction of sp³-hybridized carbons (Fsp3) is 0.435. The second-order valence-electron chi connectivity index (χ2n) is 8.62. The molecule has 1 aliphatic rings. The number of rotatable bonds is 10. The molecule has 3 heterocycles. The van der Waals surface area contributed by atoms with Gasteiger partial charge in [0.15, 0.2) is 12.0 Å². The Morgan fingerprint density at radius 2 is 2.08 bits per heavy atom. The summed E-state index contributed by atoms with van der Waals surface area (Å²) in [6.45, 7) is 4.13. The minimum atomic E-state index is -4.23. The fourth-order valence-electron chi connectivity index (χ4n) is 4.07. The van der Waals surface area contributed by atoms with Gasteiger partial charge in [-0.2, -0.15) is 10.2 Å². The van der Waals surface area contributed by atoms with E-state index in [2.05, 4.69) is 15.2 Å². The van der Waals surface area contributed by atoms with Gasteiger partial charge in [-0.1, -0.05) is 18.2 Å². The van der Waals surface area contributed by atoms with Gasteiger partial charge in [-0.15, -0.1) is 0 Å². The Morgan fingerprint density at radius 3 is 2.78 bits per heavy atom. The van der Waals surface area contributed by atoms with E-state index < -0.39 is 50.3 Å². The maximum absolute atomic E-state index is 15.5. The lowest BCUT2D eigenvalue weighted by Gasteiger charge is -2.27. The van der Waals surface area contributed by atoms with Crippen molar-refractivity contribution in [2.45, 2.75) is 50.8 Å². The molecule has 0 bridgehead atoms. The predicted octanol–water partition coefficient (Wildman–Crippen LogP) is 2.37. The average molecular weight is 537 g/mol. The molecule has 0 saturated carbocycles. The third-order valence-electron chi connectivity index (χ3n) is 5.96. The van der Waals surface area contributed by atoms with Crippen molar-refractivity contribution >= 4 is 25.1 Å². The average Bonchev–Trinajstić information content (AvgIpc) is 3.40. The summed E-state index contributed by atoms with van der Waals surface area (Å²) in [6.07, 6.45) is -3.54. The molecule has 0 radical (unpaired) electrons. The zero-order chi connectivity index (χ0) is 26.8. The van der Waals surface area contributed by atoms with Gasteiger partial charge in [0.2, 0.25) is 0 Å². The highest BCUT2D eigenvalue weighted by Gasteiger charge is 2.55. The zero-order valence-electron chi connectivity index (χ0n) is 20.5. The Kier molecular flexibility index (Phi) is 7.81. The number of aromatic nitrogens is 3. The molecule has 1 aliphatic heterocycles. The van der Waals surface area contributed by atoms with Crippen molar-refractivity contribution in [1.82, 2.24) is 19.7 Å². The Morgan fingerprint density at radius 1 is 1.35 bits per heavy atom. The number of anilines is 1. The maximum Gasteiger partial charge on any atom is 0.459 e. The number of benzene rings is 1. The van der Waals surface area contributed by atoms with Gasteiger partial charge in [-0.3, -0.25) is 9.32 Å². The first kappa shape index (κ1) is 27.0. The van der Waals surface area contributed by atoms with Gasteiger partial charge in [0, 0.05) is 0 Å². The topological polar surface area (TPSA) is 160 Å². The van der Waals surface area contributed by atoms with E-state index in [9.17, 15) is 14.5 Å². The number of halogens is 1. The maximum atomic E-state index is 15.5. The summed E-state index contributed by atoms with van der Waals surface area (Å²) in [6, 6.07) is 10.3. The predicted molar refractivity (Wildman–Crippen MR) is 130 cm³/mol. The molecule has 3 aromatic rings. The van der Waals surface area contributed by atoms with Crippen LogP contribution in [0.25, 0.3) is 5.52 Å². The number of carbonyl (C=O) groups is 1. The number of fused-ring (bicyclic) bond motifs is 1. The molecule has 4 N–H and O–H groups in total. The van der Waals surface area contributed by atoms with Crippen LogP contribution in [0.2, 0.25) is 0 Å². The molecule has 2 unspecified atom stereocenters. The molecule has 1 aromatic carbocycles. The number of carbonyl (C=O) groups excluding carboxylic acids is 1. The summed E-state index contributed by atoms with van der Waals surface area (Å²) in [4.78, 5) is 16.0. The van der Waals surface area contributed by atoms with Crippen molar-refractivity contribution in [3.05, 3.63) is 54.5 Å². The van der Waals surface area contributed by atoms with Crippen LogP contribution in [0.15, 0.2) is 48.8 Å². The summed E-state index contributed by atoms with van der Waals surface area (Å²) in [5.41, 5.74) is 4.98. The molecule has 2 aromatic heterocycles. The first-order valence-corrected chi connectivity index (χ1v) is 13.1. The molecule has 0 amide bonds.